The first-order valence-corrected chi connectivity index (χ1v) is 8.50. The van der Waals surface area contributed by atoms with Gasteiger partial charge in [0.15, 0.2) is 5.65 Å². The summed E-state index contributed by atoms with van der Waals surface area (Å²) in [6, 6.07) is 7.44. The minimum absolute atomic E-state index is 0.194. The van der Waals surface area contributed by atoms with E-state index in [0.717, 1.165) is 17.1 Å². The van der Waals surface area contributed by atoms with Crippen molar-refractivity contribution in [3.8, 4) is 11.3 Å². The number of halogens is 1. The number of aromatic nitrogens is 7. The molecule has 9 heteroatoms. The average Bonchev–Trinajstić information content (AvgIpc) is 3.20. The van der Waals surface area contributed by atoms with Gasteiger partial charge in [-0.3, -0.25) is 9.08 Å². The van der Waals surface area contributed by atoms with Gasteiger partial charge in [-0.05, 0) is 32.0 Å². The Kier molecular flexibility index (Phi) is 4.06. The van der Waals surface area contributed by atoms with Gasteiger partial charge in [-0.2, -0.15) is 5.10 Å². The van der Waals surface area contributed by atoms with Crippen LogP contribution in [0.15, 0.2) is 42.9 Å². The lowest BCUT2D eigenvalue weighted by molar-refractivity contribution is 0.212. The zero-order valence-corrected chi connectivity index (χ0v) is 15.3. The van der Waals surface area contributed by atoms with E-state index in [-0.39, 0.29) is 6.42 Å². The van der Waals surface area contributed by atoms with Gasteiger partial charge in [0.1, 0.15) is 17.3 Å². The van der Waals surface area contributed by atoms with Crippen LogP contribution in [0.1, 0.15) is 19.7 Å². The summed E-state index contributed by atoms with van der Waals surface area (Å²) in [4.78, 5) is 8.80. The lowest BCUT2D eigenvalue weighted by Crippen LogP contribution is -2.17. The van der Waals surface area contributed by atoms with Crippen molar-refractivity contribution >= 4 is 17.4 Å². The molecule has 0 unspecified atom stereocenters. The summed E-state index contributed by atoms with van der Waals surface area (Å²) in [7, 11) is 1.84. The molecule has 4 rings (SSSR count). The van der Waals surface area contributed by atoms with E-state index in [1.165, 1.54) is 13.8 Å². The highest BCUT2D eigenvalue weighted by molar-refractivity contribution is 5.65. The molecule has 8 nitrogen and oxygen atoms in total. The topological polar surface area (TPSA) is 85.8 Å². The molecule has 0 bridgehead atoms. The van der Waals surface area contributed by atoms with Gasteiger partial charge in [-0.15, -0.1) is 10.2 Å². The van der Waals surface area contributed by atoms with E-state index in [2.05, 4.69) is 30.6 Å². The molecule has 0 saturated carbocycles. The fourth-order valence-electron chi connectivity index (χ4n) is 2.79. The standard InChI is InChI=1S/C18H19FN8/c1-18(2,19)11-16-25-24-15-10-12(6-9-27(15)16)13-4-7-20-17(22-13)23-14-5-8-21-26(14)3/h4-10H,11H2,1-3H3,(H,20,22,23). The van der Waals surface area contributed by atoms with E-state index < -0.39 is 5.67 Å². The summed E-state index contributed by atoms with van der Waals surface area (Å²) < 4.78 is 17.4. The Hall–Kier alpha value is -3.36. The maximum Gasteiger partial charge on any atom is 0.228 e. The zero-order valence-electron chi connectivity index (χ0n) is 15.3. The van der Waals surface area contributed by atoms with E-state index in [1.54, 1.807) is 21.5 Å². The number of pyridine rings is 1. The van der Waals surface area contributed by atoms with Gasteiger partial charge in [0.25, 0.3) is 0 Å². The number of alkyl halides is 1. The molecule has 0 atom stereocenters. The van der Waals surface area contributed by atoms with Crippen LogP contribution in [0.3, 0.4) is 0 Å². The Bertz CT molecular complexity index is 1090. The number of anilines is 2. The van der Waals surface area contributed by atoms with Crippen LogP contribution in [0.25, 0.3) is 16.9 Å². The molecule has 0 radical (unpaired) electrons. The largest absolute Gasteiger partial charge is 0.309 e. The molecule has 0 spiro atoms. The van der Waals surface area contributed by atoms with Crippen LogP contribution in [-0.2, 0) is 13.5 Å². The molecule has 0 aliphatic rings. The minimum Gasteiger partial charge on any atom is -0.309 e. The Morgan fingerprint density at radius 1 is 1.15 bits per heavy atom. The summed E-state index contributed by atoms with van der Waals surface area (Å²) in [6.45, 7) is 3.06. The molecule has 1 N–H and O–H groups in total. The number of fused-ring (bicyclic) bond motifs is 1. The second-order valence-electron chi connectivity index (χ2n) is 6.89. The molecule has 0 fully saturated rings. The molecular formula is C18H19FN8. The van der Waals surface area contributed by atoms with E-state index >= 15 is 0 Å². The third kappa shape index (κ3) is 3.62. The van der Waals surface area contributed by atoms with E-state index in [9.17, 15) is 4.39 Å². The molecule has 4 aromatic rings. The Morgan fingerprint density at radius 2 is 2.00 bits per heavy atom. The highest BCUT2D eigenvalue weighted by atomic mass is 19.1. The molecule has 0 aromatic carbocycles. The van der Waals surface area contributed by atoms with Crippen molar-refractivity contribution in [3.63, 3.8) is 0 Å². The van der Waals surface area contributed by atoms with Crippen LogP contribution in [-0.4, -0.2) is 40.0 Å². The highest BCUT2D eigenvalue weighted by Crippen LogP contribution is 2.22. The summed E-state index contributed by atoms with van der Waals surface area (Å²) in [5.41, 5.74) is 0.913. The normalized spacial score (nSPS) is 11.9. The minimum atomic E-state index is -1.35. The maximum atomic E-state index is 13.9. The molecular weight excluding hydrogens is 347 g/mol. The zero-order chi connectivity index (χ0) is 19.0. The van der Waals surface area contributed by atoms with Crippen molar-refractivity contribution in [3.05, 3.63) is 48.7 Å². The first-order chi connectivity index (χ1) is 12.9. The van der Waals surface area contributed by atoms with Gasteiger partial charge in [-0.1, -0.05) is 0 Å². The molecule has 0 aliphatic heterocycles. The van der Waals surface area contributed by atoms with Crippen LogP contribution < -0.4 is 5.32 Å². The predicted molar refractivity (Wildman–Crippen MR) is 99.4 cm³/mol. The summed E-state index contributed by atoms with van der Waals surface area (Å²) in [5.74, 6) is 1.85. The molecule has 27 heavy (non-hydrogen) atoms. The highest BCUT2D eigenvalue weighted by Gasteiger charge is 2.20. The van der Waals surface area contributed by atoms with Crippen LogP contribution in [0.5, 0.6) is 0 Å². The van der Waals surface area contributed by atoms with Gasteiger partial charge >= 0.3 is 0 Å². The molecule has 0 aliphatic carbocycles. The quantitative estimate of drug-likeness (QED) is 0.584. The number of hydrogen-bond donors (Lipinski definition) is 1. The molecule has 138 valence electrons. The van der Waals surface area contributed by atoms with Gasteiger partial charge < -0.3 is 5.32 Å². The average molecular weight is 366 g/mol. The van der Waals surface area contributed by atoms with Crippen LogP contribution in [0.4, 0.5) is 16.2 Å². The van der Waals surface area contributed by atoms with E-state index in [0.29, 0.717) is 17.4 Å². The van der Waals surface area contributed by atoms with Crippen LogP contribution in [0.2, 0.25) is 0 Å². The Balaban J connectivity index is 1.64. The Morgan fingerprint density at radius 3 is 2.74 bits per heavy atom. The first kappa shape index (κ1) is 17.1. The fraction of sp³-hybridized carbons (Fsp3) is 0.278. The van der Waals surface area contributed by atoms with Crippen molar-refractivity contribution < 1.29 is 4.39 Å². The fourth-order valence-corrected chi connectivity index (χ4v) is 2.79. The number of hydrogen-bond acceptors (Lipinski definition) is 6. The summed E-state index contributed by atoms with van der Waals surface area (Å²) >= 11 is 0. The lowest BCUT2D eigenvalue weighted by Gasteiger charge is -2.12. The smallest absolute Gasteiger partial charge is 0.228 e. The maximum absolute atomic E-state index is 13.9. The van der Waals surface area contributed by atoms with Crippen LogP contribution >= 0.6 is 0 Å². The van der Waals surface area contributed by atoms with Crippen molar-refractivity contribution in [2.24, 2.45) is 7.05 Å². The Labute approximate surface area is 155 Å². The van der Waals surface area contributed by atoms with Crippen molar-refractivity contribution in [2.75, 3.05) is 5.32 Å². The second kappa shape index (κ2) is 6.42. The van der Waals surface area contributed by atoms with Gasteiger partial charge in [0.05, 0.1) is 11.9 Å². The van der Waals surface area contributed by atoms with Crippen molar-refractivity contribution in [1.82, 2.24) is 34.3 Å². The monoisotopic (exact) mass is 366 g/mol. The number of rotatable bonds is 5. The third-order valence-corrected chi connectivity index (χ3v) is 4.07. The lowest BCUT2D eigenvalue weighted by atomic mass is 10.1. The van der Waals surface area contributed by atoms with Crippen molar-refractivity contribution in [2.45, 2.75) is 25.9 Å². The number of aryl methyl sites for hydroxylation is 1. The van der Waals surface area contributed by atoms with Crippen molar-refractivity contribution in [1.29, 1.82) is 0 Å². The molecule has 0 amide bonds. The summed E-state index contributed by atoms with van der Waals surface area (Å²) in [5, 5.41) is 15.5. The molecule has 4 heterocycles. The van der Waals surface area contributed by atoms with Gasteiger partial charge in [0, 0.05) is 37.5 Å². The van der Waals surface area contributed by atoms with E-state index in [4.69, 9.17) is 0 Å². The van der Waals surface area contributed by atoms with Gasteiger partial charge in [0.2, 0.25) is 5.95 Å². The SMILES string of the molecule is Cn1nccc1Nc1nccc(-c2ccn3c(CC(C)(C)F)nnc3c2)n1. The summed E-state index contributed by atoms with van der Waals surface area (Å²) in [6.07, 6.45) is 5.41. The second-order valence-corrected chi connectivity index (χ2v) is 6.89. The number of nitrogens with zero attached hydrogens (tertiary/aromatic N) is 7. The molecule has 0 saturated heterocycles. The number of nitrogens with one attached hydrogen (secondary N) is 1. The third-order valence-electron chi connectivity index (χ3n) is 4.07. The van der Waals surface area contributed by atoms with Crippen LogP contribution in [0, 0.1) is 0 Å². The molecule has 4 aromatic heterocycles. The first-order valence-electron chi connectivity index (χ1n) is 8.50. The predicted octanol–water partition coefficient (Wildman–Crippen LogP) is 2.95. The van der Waals surface area contributed by atoms with E-state index in [1.807, 2.05) is 37.5 Å². The van der Waals surface area contributed by atoms with Gasteiger partial charge in [-0.25, -0.2) is 14.4 Å².